The zero-order valence-electron chi connectivity index (χ0n) is 9.13. The highest BCUT2D eigenvalue weighted by Gasteiger charge is 2.24. The monoisotopic (exact) mass is 291 g/mol. The number of imide groups is 1. The van der Waals surface area contributed by atoms with Crippen LogP contribution in [-0.4, -0.2) is 50.0 Å². The molecular weight excluding hydrogens is 280 g/mol. The van der Waals surface area contributed by atoms with Crippen LogP contribution in [0.1, 0.15) is 6.92 Å². The summed E-state index contributed by atoms with van der Waals surface area (Å²) < 4.78 is 61.4. The van der Waals surface area contributed by atoms with Gasteiger partial charge in [-0.05, 0) is 6.92 Å². The highest BCUT2D eigenvalue weighted by atomic mass is 32.2. The number of nitrogens with one attached hydrogen (secondary N) is 1. The molecule has 0 heterocycles. The molecule has 0 aromatic carbocycles. The summed E-state index contributed by atoms with van der Waals surface area (Å²) in [5, 5.41) is 1.41. The molecule has 0 spiro atoms. The van der Waals surface area contributed by atoms with Crippen LogP contribution in [0.4, 0.5) is 18.4 Å². The molecule has 0 fully saturated rings. The number of hydrogen-bond acceptors (Lipinski definition) is 6. The largest absolute Gasteiger partial charge is 0.446 e. The molecule has 2 amide bonds. The van der Waals surface area contributed by atoms with Crippen molar-refractivity contribution < 1.29 is 40.8 Å². The van der Waals surface area contributed by atoms with Gasteiger partial charge in [-0.25, -0.2) is 23.7 Å². The molecule has 0 radical (unpaired) electrons. The molecule has 0 rings (SSSR count). The van der Waals surface area contributed by atoms with Crippen molar-refractivity contribution >= 4 is 22.3 Å². The van der Waals surface area contributed by atoms with Crippen LogP contribution in [0.5, 0.6) is 0 Å². The third-order valence-electron chi connectivity index (χ3n) is 1.32. The molecule has 106 valence electrons. The van der Waals surface area contributed by atoms with E-state index in [0.29, 0.717) is 0 Å². The van der Waals surface area contributed by atoms with E-state index in [9.17, 15) is 26.8 Å². The van der Waals surface area contributed by atoms with Gasteiger partial charge in [0.05, 0.1) is 0 Å². The second-order valence-corrected chi connectivity index (χ2v) is 4.57. The van der Waals surface area contributed by atoms with Crippen molar-refractivity contribution in [1.29, 1.82) is 0 Å². The Morgan fingerprint density at radius 1 is 1.22 bits per heavy atom. The Morgan fingerprint density at radius 3 is 2.06 bits per heavy atom. The Labute approximate surface area is 101 Å². The summed E-state index contributed by atoms with van der Waals surface area (Å²) in [7, 11) is -4.99. The summed E-state index contributed by atoms with van der Waals surface area (Å²) in [6, 6.07) is 0. The van der Waals surface area contributed by atoms with Crippen LogP contribution >= 0.6 is 0 Å². The Hall–Kier alpha value is -1.49. The summed E-state index contributed by atoms with van der Waals surface area (Å²) in [6.07, 6.45) is -4.29. The van der Waals surface area contributed by atoms with Gasteiger partial charge in [-0.2, -0.15) is 8.42 Å². The fourth-order valence-electron chi connectivity index (χ4n) is 0.573. The topological polar surface area (TPSA) is 119 Å². The lowest BCUT2D eigenvalue weighted by Gasteiger charge is -2.08. The smallest absolute Gasteiger partial charge is 0.416 e. The van der Waals surface area contributed by atoms with Crippen LogP contribution in [0.15, 0.2) is 0 Å². The second kappa shape index (κ2) is 7.06. The number of carbonyl (C=O) groups is 2. The highest BCUT2D eigenvalue weighted by Crippen LogP contribution is 2.00. The van der Waals surface area contributed by atoms with E-state index < -0.39 is 47.2 Å². The average Bonchev–Trinajstić information content (AvgIpc) is 2.21. The number of rotatable bonds is 5. The first-order valence-electron chi connectivity index (χ1n) is 4.48. The quantitative estimate of drug-likeness (QED) is 0.703. The molecule has 0 aromatic rings. The lowest BCUT2D eigenvalue weighted by Crippen LogP contribution is -2.34. The maximum Gasteiger partial charge on any atom is 0.416 e. The SMILES string of the molecule is CC(F)COC(=O)NC(=O)OCC(F)S(=O)(=O)O. The number of alkyl halides is 2. The van der Waals surface area contributed by atoms with E-state index in [1.54, 1.807) is 0 Å². The van der Waals surface area contributed by atoms with E-state index in [1.165, 1.54) is 5.32 Å². The maximum atomic E-state index is 12.6. The fourth-order valence-corrected chi connectivity index (χ4v) is 0.813. The maximum absolute atomic E-state index is 12.6. The third-order valence-corrected chi connectivity index (χ3v) is 2.10. The summed E-state index contributed by atoms with van der Waals surface area (Å²) in [4.78, 5) is 21.5. The normalized spacial score (nSPS) is 14.4. The fraction of sp³-hybridized carbons (Fsp3) is 0.714. The summed E-state index contributed by atoms with van der Waals surface area (Å²) >= 11 is 0. The van der Waals surface area contributed by atoms with Crippen LogP contribution in [0.3, 0.4) is 0 Å². The van der Waals surface area contributed by atoms with Gasteiger partial charge in [-0.1, -0.05) is 0 Å². The van der Waals surface area contributed by atoms with Gasteiger partial charge < -0.3 is 9.47 Å². The lowest BCUT2D eigenvalue weighted by atomic mass is 10.5. The molecule has 0 saturated heterocycles. The summed E-state index contributed by atoms with van der Waals surface area (Å²) in [5.74, 6) is 0. The minimum absolute atomic E-state index is 0.601. The molecule has 8 nitrogen and oxygen atoms in total. The zero-order chi connectivity index (χ0) is 14.3. The molecular formula is C7H11F2NO7S. The predicted octanol–water partition coefficient (Wildman–Crippen LogP) is 0.391. The minimum atomic E-state index is -4.99. The van der Waals surface area contributed by atoms with Crippen molar-refractivity contribution in [3.8, 4) is 0 Å². The third kappa shape index (κ3) is 7.73. The van der Waals surface area contributed by atoms with E-state index in [0.717, 1.165) is 6.92 Å². The Morgan fingerprint density at radius 2 is 1.67 bits per heavy atom. The van der Waals surface area contributed by atoms with Crippen LogP contribution < -0.4 is 5.32 Å². The van der Waals surface area contributed by atoms with E-state index in [2.05, 4.69) is 9.47 Å². The number of amides is 2. The van der Waals surface area contributed by atoms with Crippen LogP contribution in [-0.2, 0) is 19.6 Å². The molecule has 0 aliphatic heterocycles. The Kier molecular flexibility index (Phi) is 6.47. The zero-order valence-corrected chi connectivity index (χ0v) is 9.95. The molecule has 11 heteroatoms. The Balaban J connectivity index is 3.95. The van der Waals surface area contributed by atoms with Crippen LogP contribution in [0, 0.1) is 0 Å². The number of carbonyl (C=O) groups excluding carboxylic acids is 2. The van der Waals surface area contributed by atoms with Gasteiger partial charge >= 0.3 is 22.3 Å². The van der Waals surface area contributed by atoms with Crippen molar-refractivity contribution in [2.75, 3.05) is 13.2 Å². The molecule has 0 aromatic heterocycles. The highest BCUT2D eigenvalue weighted by molar-refractivity contribution is 7.86. The van der Waals surface area contributed by atoms with Crippen LogP contribution in [0.2, 0.25) is 0 Å². The lowest BCUT2D eigenvalue weighted by molar-refractivity contribution is 0.102. The molecule has 0 aliphatic carbocycles. The predicted molar refractivity (Wildman–Crippen MR) is 52.8 cm³/mol. The molecule has 2 unspecified atom stereocenters. The van der Waals surface area contributed by atoms with E-state index in [4.69, 9.17) is 4.55 Å². The van der Waals surface area contributed by atoms with Gasteiger partial charge in [0.25, 0.3) is 5.50 Å². The molecule has 18 heavy (non-hydrogen) atoms. The summed E-state index contributed by atoms with van der Waals surface area (Å²) in [6.45, 7) is -0.807. The van der Waals surface area contributed by atoms with Gasteiger partial charge in [-0.3, -0.25) is 4.55 Å². The van der Waals surface area contributed by atoms with Crippen molar-refractivity contribution in [3.63, 3.8) is 0 Å². The van der Waals surface area contributed by atoms with Gasteiger partial charge in [0.2, 0.25) is 0 Å². The first-order valence-corrected chi connectivity index (χ1v) is 5.98. The number of alkyl carbamates (subject to hydrolysis) is 2. The van der Waals surface area contributed by atoms with Gasteiger partial charge in [0.15, 0.2) is 0 Å². The van der Waals surface area contributed by atoms with Gasteiger partial charge in [0.1, 0.15) is 19.4 Å². The first kappa shape index (κ1) is 16.5. The Bertz CT molecular complexity index is 397. The van der Waals surface area contributed by atoms with Crippen LogP contribution in [0.25, 0.3) is 0 Å². The van der Waals surface area contributed by atoms with E-state index in [-0.39, 0.29) is 0 Å². The van der Waals surface area contributed by atoms with Crippen molar-refractivity contribution in [2.45, 2.75) is 18.6 Å². The van der Waals surface area contributed by atoms with Crippen molar-refractivity contribution in [2.24, 2.45) is 0 Å². The number of hydrogen-bond donors (Lipinski definition) is 2. The number of halogens is 2. The molecule has 2 atom stereocenters. The second-order valence-electron chi connectivity index (χ2n) is 3.03. The molecule has 2 N–H and O–H groups in total. The summed E-state index contributed by atoms with van der Waals surface area (Å²) in [5.41, 5.74) is -2.83. The average molecular weight is 291 g/mol. The standard InChI is InChI=1S/C7H11F2NO7S/c1-4(8)2-16-6(11)10-7(12)17-3-5(9)18(13,14)15/h4-5H,2-3H2,1H3,(H,10,11,12)(H,13,14,15). The number of ether oxygens (including phenoxy) is 2. The molecule has 0 aliphatic rings. The first-order chi connectivity index (χ1) is 8.12. The van der Waals surface area contributed by atoms with Crippen molar-refractivity contribution in [3.05, 3.63) is 0 Å². The van der Waals surface area contributed by atoms with E-state index >= 15 is 0 Å². The van der Waals surface area contributed by atoms with Gasteiger partial charge in [0, 0.05) is 0 Å². The minimum Gasteiger partial charge on any atom is -0.446 e. The molecule has 0 saturated carbocycles. The van der Waals surface area contributed by atoms with E-state index in [1.807, 2.05) is 0 Å². The van der Waals surface area contributed by atoms with Crippen molar-refractivity contribution in [1.82, 2.24) is 5.32 Å². The van der Waals surface area contributed by atoms with Gasteiger partial charge in [-0.15, -0.1) is 0 Å². The molecule has 0 bridgehead atoms.